The van der Waals surface area contributed by atoms with Crippen LogP contribution in [0.5, 0.6) is 0 Å². The summed E-state index contributed by atoms with van der Waals surface area (Å²) in [5, 5.41) is 5.41. The Morgan fingerprint density at radius 2 is 2.12 bits per heavy atom. The van der Waals surface area contributed by atoms with Gasteiger partial charge in [-0.15, -0.1) is 0 Å². The van der Waals surface area contributed by atoms with Gasteiger partial charge in [-0.05, 0) is 46.2 Å². The summed E-state index contributed by atoms with van der Waals surface area (Å²) in [5.41, 5.74) is 6.73. The molecule has 1 aliphatic rings. The fourth-order valence-corrected chi connectivity index (χ4v) is 3.79. The molecule has 0 saturated heterocycles. The van der Waals surface area contributed by atoms with Crippen LogP contribution in [0.1, 0.15) is 36.8 Å². The first kappa shape index (κ1) is 17.8. The van der Waals surface area contributed by atoms with Gasteiger partial charge in [0.1, 0.15) is 10.8 Å². The number of nitrogen functional groups attached to an aromatic ring is 1. The second-order valence-corrected chi connectivity index (χ2v) is 7.59. The summed E-state index contributed by atoms with van der Waals surface area (Å²) in [6.45, 7) is 2.15. The van der Waals surface area contributed by atoms with Gasteiger partial charge >= 0.3 is 0 Å². The molecule has 0 radical (unpaired) electrons. The first-order valence-corrected chi connectivity index (χ1v) is 9.60. The molecule has 6 nitrogen and oxygen atoms in total. The zero-order valence-corrected chi connectivity index (χ0v) is 16.1. The molecule has 8 heteroatoms. The molecule has 2 N–H and O–H groups in total. The second kappa shape index (κ2) is 7.45. The molecule has 2 aromatic heterocycles. The van der Waals surface area contributed by atoms with E-state index in [1.54, 1.807) is 18.2 Å². The van der Waals surface area contributed by atoms with E-state index < -0.39 is 5.56 Å². The Morgan fingerprint density at radius 1 is 1.32 bits per heavy atom. The van der Waals surface area contributed by atoms with Crippen molar-refractivity contribution in [3.8, 4) is 0 Å². The number of unbranched alkanes of at least 4 members (excludes halogenated alkanes) is 2. The Bertz CT molecular complexity index is 984. The largest absolute Gasteiger partial charge is 0.383 e. The minimum absolute atomic E-state index is 0.119. The number of nitrogens with two attached hydrogens (primary N) is 1. The van der Waals surface area contributed by atoms with Gasteiger partial charge in [0.05, 0.1) is 10.0 Å². The average Bonchev–Trinajstić information content (AvgIpc) is 2.98. The van der Waals surface area contributed by atoms with Crippen molar-refractivity contribution in [2.75, 3.05) is 5.73 Å². The summed E-state index contributed by atoms with van der Waals surface area (Å²) in [6, 6.07) is 0. The molecule has 130 valence electrons. The highest BCUT2D eigenvalue weighted by Crippen LogP contribution is 2.23. The van der Waals surface area contributed by atoms with Crippen molar-refractivity contribution < 1.29 is 4.79 Å². The Kier molecular flexibility index (Phi) is 5.29. The summed E-state index contributed by atoms with van der Waals surface area (Å²) < 4.78 is 1.96. The number of anilines is 1. The molecular weight excluding hydrogens is 404 g/mol. The number of ketones is 1. The lowest BCUT2D eigenvalue weighted by Crippen LogP contribution is -2.16. The number of hydrogen-bond acceptors (Lipinski definition) is 6. The van der Waals surface area contributed by atoms with Crippen LogP contribution in [-0.4, -0.2) is 20.4 Å². The van der Waals surface area contributed by atoms with E-state index in [2.05, 4.69) is 32.9 Å². The van der Waals surface area contributed by atoms with E-state index in [9.17, 15) is 9.59 Å². The van der Waals surface area contributed by atoms with Crippen molar-refractivity contribution in [3.63, 3.8) is 0 Å². The minimum Gasteiger partial charge on any atom is -0.383 e. The molecule has 0 aliphatic heterocycles. The number of aryl methyl sites for hydroxylation is 1. The van der Waals surface area contributed by atoms with Crippen LogP contribution in [0.2, 0.25) is 0 Å². The SMILES string of the molecule is CCCCCc1nn2c(N)c(/C=C3\C=CC(=O)C(Br)=C3)c(=O)nc2s1. The summed E-state index contributed by atoms with van der Waals surface area (Å²) in [6.07, 6.45) is 10.5. The van der Waals surface area contributed by atoms with Crippen LogP contribution in [0.15, 0.2) is 33.1 Å². The van der Waals surface area contributed by atoms with Crippen LogP contribution in [0.4, 0.5) is 5.82 Å². The summed E-state index contributed by atoms with van der Waals surface area (Å²) >= 11 is 4.59. The third kappa shape index (κ3) is 3.80. The molecule has 3 rings (SSSR count). The van der Waals surface area contributed by atoms with Crippen molar-refractivity contribution in [1.82, 2.24) is 14.6 Å². The molecule has 0 amide bonds. The fourth-order valence-electron chi connectivity index (χ4n) is 2.46. The summed E-state index contributed by atoms with van der Waals surface area (Å²) in [7, 11) is 0. The maximum Gasteiger partial charge on any atom is 0.283 e. The minimum atomic E-state index is -0.399. The fraction of sp³-hybridized carbons (Fsp3) is 0.294. The van der Waals surface area contributed by atoms with Gasteiger partial charge in [0.2, 0.25) is 4.96 Å². The smallest absolute Gasteiger partial charge is 0.283 e. The molecule has 0 aromatic carbocycles. The molecule has 0 saturated carbocycles. The Balaban J connectivity index is 2.01. The van der Waals surface area contributed by atoms with Gasteiger partial charge in [-0.3, -0.25) is 9.59 Å². The average molecular weight is 421 g/mol. The number of carbonyl (C=O) groups excluding carboxylic acids is 1. The van der Waals surface area contributed by atoms with Crippen molar-refractivity contribution in [2.24, 2.45) is 0 Å². The quantitative estimate of drug-likeness (QED) is 0.749. The number of rotatable bonds is 5. The van der Waals surface area contributed by atoms with E-state index in [0.29, 0.717) is 15.0 Å². The maximum absolute atomic E-state index is 12.3. The lowest BCUT2D eigenvalue weighted by atomic mass is 10.1. The molecule has 2 heterocycles. The Hall–Kier alpha value is -2.06. The molecular formula is C17H17BrN4O2S. The number of fused-ring (bicyclic) bond motifs is 1. The van der Waals surface area contributed by atoms with Crippen molar-refractivity contribution in [2.45, 2.75) is 32.6 Å². The van der Waals surface area contributed by atoms with Crippen LogP contribution in [-0.2, 0) is 11.2 Å². The van der Waals surface area contributed by atoms with E-state index in [1.165, 1.54) is 21.9 Å². The third-order valence-corrected chi connectivity index (χ3v) is 5.38. The summed E-state index contributed by atoms with van der Waals surface area (Å²) in [4.78, 5) is 28.4. The molecule has 0 atom stereocenters. The standard InChI is InChI=1S/C17H17BrN4O2S/c1-2-3-4-5-14-21-22-15(19)11(16(24)20-17(22)25-14)8-10-6-7-13(23)12(18)9-10/h6-9H,2-5,19H2,1H3/b10-8+. The summed E-state index contributed by atoms with van der Waals surface area (Å²) in [5.74, 6) is 0.141. The molecule has 0 unspecified atom stereocenters. The van der Waals surface area contributed by atoms with E-state index >= 15 is 0 Å². The van der Waals surface area contributed by atoms with Gasteiger partial charge in [-0.25, -0.2) is 0 Å². The Morgan fingerprint density at radius 3 is 2.84 bits per heavy atom. The second-order valence-electron chi connectivity index (χ2n) is 5.70. The van der Waals surface area contributed by atoms with Gasteiger partial charge in [-0.1, -0.05) is 37.2 Å². The van der Waals surface area contributed by atoms with E-state index in [-0.39, 0.29) is 17.2 Å². The highest BCUT2D eigenvalue weighted by molar-refractivity contribution is 9.12. The Labute approximate surface area is 156 Å². The molecule has 2 aromatic rings. The lowest BCUT2D eigenvalue weighted by molar-refractivity contribution is -0.110. The van der Waals surface area contributed by atoms with E-state index in [0.717, 1.165) is 30.7 Å². The highest BCUT2D eigenvalue weighted by atomic mass is 79.9. The number of nitrogens with zero attached hydrogens (tertiary/aromatic N) is 3. The van der Waals surface area contributed by atoms with Crippen molar-refractivity contribution >= 4 is 49.9 Å². The van der Waals surface area contributed by atoms with Crippen molar-refractivity contribution in [3.05, 3.63) is 49.2 Å². The van der Waals surface area contributed by atoms with Gasteiger partial charge < -0.3 is 5.73 Å². The van der Waals surface area contributed by atoms with Gasteiger partial charge in [0.15, 0.2) is 5.78 Å². The predicted octanol–water partition coefficient (Wildman–Crippen LogP) is 3.27. The topological polar surface area (TPSA) is 90.4 Å². The molecule has 0 spiro atoms. The molecule has 1 aliphatic carbocycles. The van der Waals surface area contributed by atoms with Crippen LogP contribution in [0.3, 0.4) is 0 Å². The van der Waals surface area contributed by atoms with Gasteiger partial charge in [0, 0.05) is 6.42 Å². The first-order chi connectivity index (χ1) is 12.0. The van der Waals surface area contributed by atoms with Crippen LogP contribution < -0.4 is 11.3 Å². The maximum atomic E-state index is 12.3. The lowest BCUT2D eigenvalue weighted by Gasteiger charge is -2.05. The zero-order valence-electron chi connectivity index (χ0n) is 13.7. The first-order valence-electron chi connectivity index (χ1n) is 7.99. The van der Waals surface area contributed by atoms with E-state index in [4.69, 9.17) is 5.73 Å². The van der Waals surface area contributed by atoms with Crippen LogP contribution >= 0.6 is 27.3 Å². The normalized spacial score (nSPS) is 16.0. The van der Waals surface area contributed by atoms with Crippen LogP contribution in [0.25, 0.3) is 11.0 Å². The number of allylic oxidation sites excluding steroid dienone is 5. The monoisotopic (exact) mass is 420 g/mol. The van der Waals surface area contributed by atoms with Gasteiger partial charge in [0.25, 0.3) is 5.56 Å². The predicted molar refractivity (Wildman–Crippen MR) is 104 cm³/mol. The molecule has 25 heavy (non-hydrogen) atoms. The third-order valence-electron chi connectivity index (χ3n) is 3.79. The zero-order chi connectivity index (χ0) is 18.0. The molecule has 0 bridgehead atoms. The molecule has 0 fully saturated rings. The van der Waals surface area contributed by atoms with E-state index in [1.807, 2.05) is 0 Å². The number of halogens is 1. The van der Waals surface area contributed by atoms with Crippen LogP contribution in [0, 0.1) is 0 Å². The van der Waals surface area contributed by atoms with Gasteiger partial charge in [-0.2, -0.15) is 14.6 Å². The number of hydrogen-bond donors (Lipinski definition) is 1. The highest BCUT2D eigenvalue weighted by Gasteiger charge is 2.15. The number of aromatic nitrogens is 3. The number of carbonyl (C=O) groups is 1. The van der Waals surface area contributed by atoms with Crippen molar-refractivity contribution in [1.29, 1.82) is 0 Å².